The van der Waals surface area contributed by atoms with E-state index in [1.807, 2.05) is 13.8 Å². The largest absolute Gasteiger partial charge is 0.322 e. The van der Waals surface area contributed by atoms with E-state index in [1.165, 1.54) is 0 Å². The van der Waals surface area contributed by atoms with Crippen LogP contribution in [-0.4, -0.2) is 10.9 Å². The maximum Gasteiger partial charge on any atom is 0.255 e. The lowest BCUT2D eigenvalue weighted by Crippen LogP contribution is -2.21. The zero-order chi connectivity index (χ0) is 11.3. The second-order valence-corrected chi connectivity index (χ2v) is 3.09. The molecule has 0 radical (unpaired) electrons. The fraction of sp³-hybridized carbons (Fsp3) is 0.167. The fourth-order valence-electron chi connectivity index (χ4n) is 1.13. The van der Waals surface area contributed by atoms with Gasteiger partial charge in [-0.3, -0.25) is 9.78 Å². The molecule has 0 bridgehead atoms. The van der Waals surface area contributed by atoms with Crippen molar-refractivity contribution in [2.75, 3.05) is 0 Å². The third kappa shape index (κ3) is 3.06. The number of nitrogens with zero attached hydrogens (tertiary/aromatic N) is 1. The second kappa shape index (κ2) is 5.10. The second-order valence-electron chi connectivity index (χ2n) is 3.09. The van der Waals surface area contributed by atoms with Crippen molar-refractivity contribution in [3.8, 4) is 0 Å². The zero-order valence-corrected chi connectivity index (χ0v) is 8.95. The Morgan fingerprint density at radius 2 is 2.33 bits per heavy atom. The number of nitrogens with one attached hydrogen (secondary N) is 1. The topological polar surface area (TPSA) is 42.0 Å². The van der Waals surface area contributed by atoms with E-state index in [4.69, 9.17) is 0 Å². The summed E-state index contributed by atoms with van der Waals surface area (Å²) in [6.07, 6.45) is 5.01. The molecule has 0 fully saturated rings. The highest BCUT2D eigenvalue weighted by Crippen LogP contribution is 2.02. The van der Waals surface area contributed by atoms with Crippen LogP contribution in [0, 0.1) is 6.92 Å². The van der Waals surface area contributed by atoms with Gasteiger partial charge < -0.3 is 5.32 Å². The number of hydrogen-bond donors (Lipinski definition) is 1. The molecule has 15 heavy (non-hydrogen) atoms. The average molecular weight is 202 g/mol. The minimum absolute atomic E-state index is 0.145. The predicted molar refractivity (Wildman–Crippen MR) is 60.4 cm³/mol. The first-order valence-electron chi connectivity index (χ1n) is 4.70. The summed E-state index contributed by atoms with van der Waals surface area (Å²) in [5.41, 5.74) is 2.13. The maximum atomic E-state index is 11.7. The smallest absolute Gasteiger partial charge is 0.255 e. The third-order valence-corrected chi connectivity index (χ3v) is 1.95. The van der Waals surface area contributed by atoms with E-state index in [2.05, 4.69) is 16.9 Å². The molecule has 3 nitrogen and oxygen atoms in total. The van der Waals surface area contributed by atoms with Crippen molar-refractivity contribution in [3.05, 3.63) is 54.0 Å². The molecular formula is C12H14N2O. The number of rotatable bonds is 3. The van der Waals surface area contributed by atoms with E-state index in [1.54, 1.807) is 30.5 Å². The van der Waals surface area contributed by atoms with Crippen LogP contribution in [0.15, 0.2) is 42.8 Å². The van der Waals surface area contributed by atoms with Gasteiger partial charge in [0.2, 0.25) is 0 Å². The van der Waals surface area contributed by atoms with E-state index >= 15 is 0 Å². The Balaban J connectivity index is 2.82. The summed E-state index contributed by atoms with van der Waals surface area (Å²) in [7, 11) is 0. The summed E-state index contributed by atoms with van der Waals surface area (Å²) in [5.74, 6) is -0.145. The van der Waals surface area contributed by atoms with Crippen molar-refractivity contribution in [3.63, 3.8) is 0 Å². The summed E-state index contributed by atoms with van der Waals surface area (Å²) in [4.78, 5) is 15.7. The molecule has 0 aliphatic rings. The molecule has 0 aliphatic carbocycles. The quantitative estimate of drug-likeness (QED) is 0.763. The van der Waals surface area contributed by atoms with E-state index in [0.717, 1.165) is 5.69 Å². The van der Waals surface area contributed by atoms with E-state index in [-0.39, 0.29) is 5.91 Å². The molecule has 1 heterocycles. The van der Waals surface area contributed by atoms with Crippen molar-refractivity contribution in [2.24, 2.45) is 0 Å². The first kappa shape index (κ1) is 11.2. The number of pyridine rings is 1. The van der Waals surface area contributed by atoms with Crippen LogP contribution in [0.25, 0.3) is 0 Å². The minimum atomic E-state index is -0.145. The number of amides is 1. The fourth-order valence-corrected chi connectivity index (χ4v) is 1.13. The van der Waals surface area contributed by atoms with Gasteiger partial charge >= 0.3 is 0 Å². The van der Waals surface area contributed by atoms with E-state index < -0.39 is 0 Å². The Hall–Kier alpha value is -1.90. The number of aryl methyl sites for hydroxylation is 1. The molecule has 78 valence electrons. The van der Waals surface area contributed by atoms with Crippen molar-refractivity contribution < 1.29 is 4.79 Å². The Kier molecular flexibility index (Phi) is 3.80. The highest BCUT2D eigenvalue weighted by molar-refractivity contribution is 5.95. The van der Waals surface area contributed by atoms with Crippen molar-refractivity contribution in [2.45, 2.75) is 13.8 Å². The predicted octanol–water partition coefficient (Wildman–Crippen LogP) is 2.21. The highest BCUT2D eigenvalue weighted by Gasteiger charge is 2.05. The van der Waals surface area contributed by atoms with Crippen LogP contribution in [0.1, 0.15) is 23.0 Å². The molecular weight excluding hydrogens is 188 g/mol. The Morgan fingerprint density at radius 3 is 2.87 bits per heavy atom. The van der Waals surface area contributed by atoms with Crippen molar-refractivity contribution in [1.29, 1.82) is 0 Å². The van der Waals surface area contributed by atoms with Gasteiger partial charge in [0.15, 0.2) is 0 Å². The Bertz CT molecular complexity index is 408. The van der Waals surface area contributed by atoms with Crippen molar-refractivity contribution in [1.82, 2.24) is 10.3 Å². The van der Waals surface area contributed by atoms with Gasteiger partial charge in [-0.25, -0.2) is 0 Å². The molecule has 0 unspecified atom stereocenters. The molecule has 0 aliphatic heterocycles. The van der Waals surface area contributed by atoms with Crippen LogP contribution in [0.2, 0.25) is 0 Å². The minimum Gasteiger partial charge on any atom is -0.322 e. The number of allylic oxidation sites excluding steroid dienone is 2. The van der Waals surface area contributed by atoms with Crippen LogP contribution in [-0.2, 0) is 0 Å². The molecule has 0 atom stereocenters. The van der Waals surface area contributed by atoms with Crippen LogP contribution in [0.4, 0.5) is 0 Å². The summed E-state index contributed by atoms with van der Waals surface area (Å²) < 4.78 is 0. The lowest BCUT2D eigenvalue weighted by Gasteiger charge is -2.05. The Morgan fingerprint density at radius 1 is 1.60 bits per heavy atom. The van der Waals surface area contributed by atoms with Crippen molar-refractivity contribution >= 4 is 5.91 Å². The summed E-state index contributed by atoms with van der Waals surface area (Å²) >= 11 is 0. The zero-order valence-electron chi connectivity index (χ0n) is 8.95. The first-order valence-corrected chi connectivity index (χ1v) is 4.70. The number of hydrogen-bond acceptors (Lipinski definition) is 2. The van der Waals surface area contributed by atoms with Gasteiger partial charge in [0.25, 0.3) is 5.91 Å². The summed E-state index contributed by atoms with van der Waals surface area (Å²) in [6.45, 7) is 7.29. The third-order valence-electron chi connectivity index (χ3n) is 1.95. The average Bonchev–Trinajstić information content (AvgIpc) is 2.25. The number of aromatic nitrogens is 1. The monoisotopic (exact) mass is 202 g/mol. The van der Waals surface area contributed by atoms with Gasteiger partial charge in [0, 0.05) is 23.2 Å². The van der Waals surface area contributed by atoms with Gasteiger partial charge in [-0.05, 0) is 32.1 Å². The molecule has 1 rings (SSSR count). The van der Waals surface area contributed by atoms with Gasteiger partial charge in [-0.15, -0.1) is 0 Å². The molecule has 1 amide bonds. The van der Waals surface area contributed by atoms with Crippen LogP contribution in [0.5, 0.6) is 0 Å². The number of carbonyl (C=O) groups excluding carboxylic acids is 1. The molecule has 0 saturated carbocycles. The Labute approximate surface area is 89.5 Å². The molecule has 0 aromatic carbocycles. The molecule has 3 heteroatoms. The van der Waals surface area contributed by atoms with Crippen LogP contribution < -0.4 is 5.32 Å². The highest BCUT2D eigenvalue weighted by atomic mass is 16.1. The van der Waals surface area contributed by atoms with Crippen LogP contribution in [0.3, 0.4) is 0 Å². The molecule has 0 spiro atoms. The van der Waals surface area contributed by atoms with E-state index in [0.29, 0.717) is 11.3 Å². The SMILES string of the molecule is C=CC(=CC)NC(=O)c1ccnc(C)c1. The maximum absolute atomic E-state index is 11.7. The standard InChI is InChI=1S/C12H14N2O/c1-4-11(5-2)14-12(15)10-6-7-13-9(3)8-10/h4-8H,1H2,2-3H3,(H,14,15). The summed E-state index contributed by atoms with van der Waals surface area (Å²) in [5, 5.41) is 2.74. The van der Waals surface area contributed by atoms with Gasteiger partial charge in [0.1, 0.15) is 0 Å². The molecule has 1 N–H and O–H groups in total. The number of carbonyl (C=O) groups is 1. The lowest BCUT2D eigenvalue weighted by atomic mass is 10.2. The molecule has 1 aromatic rings. The molecule has 0 saturated heterocycles. The van der Waals surface area contributed by atoms with Gasteiger partial charge in [-0.2, -0.15) is 0 Å². The summed E-state index contributed by atoms with van der Waals surface area (Å²) in [6, 6.07) is 3.42. The molecule has 1 aromatic heterocycles. The van der Waals surface area contributed by atoms with Gasteiger partial charge in [0.05, 0.1) is 0 Å². The van der Waals surface area contributed by atoms with Gasteiger partial charge in [-0.1, -0.05) is 12.7 Å². The van der Waals surface area contributed by atoms with Crippen LogP contribution >= 0.6 is 0 Å². The van der Waals surface area contributed by atoms with E-state index in [9.17, 15) is 4.79 Å². The lowest BCUT2D eigenvalue weighted by molar-refractivity contribution is 0.0967. The normalized spacial score (nSPS) is 10.9. The first-order chi connectivity index (χ1) is 7.17.